The van der Waals surface area contributed by atoms with Gasteiger partial charge in [0.05, 0.1) is 10.2 Å². The van der Waals surface area contributed by atoms with Crippen molar-refractivity contribution in [2.75, 3.05) is 18.5 Å². The van der Waals surface area contributed by atoms with Crippen LogP contribution < -0.4 is 10.1 Å². The van der Waals surface area contributed by atoms with E-state index in [4.69, 9.17) is 4.74 Å². The second kappa shape index (κ2) is 6.52. The SMILES string of the molecule is Fc1ccc(Br)c(OCCNc2ccccc2F)c1. The molecule has 5 heteroatoms. The number of rotatable bonds is 5. The Morgan fingerprint density at radius 1 is 1.11 bits per heavy atom. The summed E-state index contributed by atoms with van der Waals surface area (Å²) in [6.07, 6.45) is 0. The van der Waals surface area contributed by atoms with E-state index < -0.39 is 0 Å². The van der Waals surface area contributed by atoms with E-state index in [0.717, 1.165) is 0 Å². The molecule has 2 nitrogen and oxygen atoms in total. The van der Waals surface area contributed by atoms with Gasteiger partial charge in [0.25, 0.3) is 0 Å². The number of ether oxygens (including phenoxy) is 1. The molecule has 100 valence electrons. The van der Waals surface area contributed by atoms with Crippen LogP contribution in [0.15, 0.2) is 46.9 Å². The maximum atomic E-state index is 13.3. The Morgan fingerprint density at radius 2 is 1.89 bits per heavy atom. The number of hydrogen-bond acceptors (Lipinski definition) is 2. The van der Waals surface area contributed by atoms with Gasteiger partial charge in [-0.15, -0.1) is 0 Å². The van der Waals surface area contributed by atoms with Gasteiger partial charge in [0.15, 0.2) is 0 Å². The Morgan fingerprint density at radius 3 is 2.68 bits per heavy atom. The molecule has 2 aromatic carbocycles. The zero-order valence-corrected chi connectivity index (χ0v) is 11.6. The summed E-state index contributed by atoms with van der Waals surface area (Å²) in [7, 11) is 0. The van der Waals surface area contributed by atoms with Gasteiger partial charge in [0.2, 0.25) is 0 Å². The minimum absolute atomic E-state index is 0.302. The third-order valence-corrected chi connectivity index (χ3v) is 3.10. The van der Waals surface area contributed by atoms with E-state index in [1.54, 1.807) is 24.3 Å². The molecular formula is C14H12BrF2NO. The highest BCUT2D eigenvalue weighted by atomic mass is 79.9. The van der Waals surface area contributed by atoms with Crippen LogP contribution >= 0.6 is 15.9 Å². The zero-order valence-electron chi connectivity index (χ0n) is 10.00. The molecular weight excluding hydrogens is 316 g/mol. The fraction of sp³-hybridized carbons (Fsp3) is 0.143. The third kappa shape index (κ3) is 3.92. The summed E-state index contributed by atoms with van der Waals surface area (Å²) in [6.45, 7) is 0.722. The van der Waals surface area contributed by atoms with Crippen molar-refractivity contribution >= 4 is 21.6 Å². The predicted octanol–water partition coefficient (Wildman–Crippen LogP) is 4.22. The molecule has 2 rings (SSSR count). The van der Waals surface area contributed by atoms with Crippen LogP contribution in [0, 0.1) is 11.6 Å². The fourth-order valence-corrected chi connectivity index (χ4v) is 1.90. The number of para-hydroxylation sites is 1. The van der Waals surface area contributed by atoms with Gasteiger partial charge in [0.1, 0.15) is 24.0 Å². The van der Waals surface area contributed by atoms with E-state index in [1.165, 1.54) is 18.2 Å². The summed E-state index contributed by atoms with van der Waals surface area (Å²) in [6, 6.07) is 10.6. The first-order chi connectivity index (χ1) is 9.16. The summed E-state index contributed by atoms with van der Waals surface area (Å²) >= 11 is 3.27. The van der Waals surface area contributed by atoms with Gasteiger partial charge in [-0.1, -0.05) is 12.1 Å². The predicted molar refractivity (Wildman–Crippen MR) is 74.5 cm³/mol. The molecule has 2 aromatic rings. The lowest BCUT2D eigenvalue weighted by atomic mass is 10.3. The molecule has 0 unspecified atom stereocenters. The van der Waals surface area contributed by atoms with Crippen LogP contribution in [0.3, 0.4) is 0 Å². The number of anilines is 1. The van der Waals surface area contributed by atoms with Crippen molar-refractivity contribution in [3.63, 3.8) is 0 Å². The second-order valence-electron chi connectivity index (χ2n) is 3.83. The summed E-state index contributed by atoms with van der Waals surface area (Å²) in [5.74, 6) is -0.245. The number of benzene rings is 2. The van der Waals surface area contributed by atoms with Crippen molar-refractivity contribution in [1.29, 1.82) is 0 Å². The van der Waals surface area contributed by atoms with Gasteiger partial charge in [-0.05, 0) is 40.2 Å². The van der Waals surface area contributed by atoms with Gasteiger partial charge in [-0.2, -0.15) is 0 Å². The van der Waals surface area contributed by atoms with Crippen LogP contribution in [0.4, 0.5) is 14.5 Å². The van der Waals surface area contributed by atoms with Crippen molar-refractivity contribution in [3.8, 4) is 5.75 Å². The van der Waals surface area contributed by atoms with Crippen molar-refractivity contribution in [1.82, 2.24) is 0 Å². The van der Waals surface area contributed by atoms with Crippen molar-refractivity contribution in [2.45, 2.75) is 0 Å². The number of nitrogens with one attached hydrogen (secondary N) is 1. The van der Waals surface area contributed by atoms with Crippen LogP contribution in [0.2, 0.25) is 0 Å². The second-order valence-corrected chi connectivity index (χ2v) is 4.68. The molecule has 0 bridgehead atoms. The average Bonchev–Trinajstić information content (AvgIpc) is 2.40. The summed E-state index contributed by atoms with van der Waals surface area (Å²) in [4.78, 5) is 0. The maximum Gasteiger partial charge on any atom is 0.146 e. The molecule has 0 saturated carbocycles. The highest BCUT2D eigenvalue weighted by Gasteiger charge is 2.03. The lowest BCUT2D eigenvalue weighted by Gasteiger charge is -2.10. The minimum atomic E-state index is -0.361. The van der Waals surface area contributed by atoms with E-state index in [1.807, 2.05) is 0 Å². The number of halogens is 3. The summed E-state index contributed by atoms with van der Waals surface area (Å²) < 4.78 is 32.4. The molecule has 0 aliphatic rings. The van der Waals surface area contributed by atoms with Crippen molar-refractivity contribution in [3.05, 3.63) is 58.6 Å². The molecule has 0 amide bonds. The molecule has 0 aromatic heterocycles. The Hall–Kier alpha value is -1.62. The van der Waals surface area contributed by atoms with Crippen LogP contribution in [0.1, 0.15) is 0 Å². The molecule has 0 heterocycles. The Labute approximate surface area is 118 Å². The van der Waals surface area contributed by atoms with Crippen LogP contribution in [0.5, 0.6) is 5.75 Å². The molecule has 0 aliphatic carbocycles. The smallest absolute Gasteiger partial charge is 0.146 e. The fourth-order valence-electron chi connectivity index (χ4n) is 1.54. The van der Waals surface area contributed by atoms with E-state index in [9.17, 15) is 8.78 Å². The Kier molecular flexibility index (Phi) is 4.74. The van der Waals surface area contributed by atoms with Gasteiger partial charge >= 0.3 is 0 Å². The summed E-state index contributed by atoms with van der Waals surface area (Å²) in [5.41, 5.74) is 0.421. The molecule has 19 heavy (non-hydrogen) atoms. The molecule has 0 spiro atoms. The molecule has 0 fully saturated rings. The maximum absolute atomic E-state index is 13.3. The van der Waals surface area contributed by atoms with Crippen LogP contribution in [-0.4, -0.2) is 13.2 Å². The Balaban J connectivity index is 1.84. The first-order valence-electron chi connectivity index (χ1n) is 5.73. The monoisotopic (exact) mass is 327 g/mol. The average molecular weight is 328 g/mol. The van der Waals surface area contributed by atoms with E-state index in [2.05, 4.69) is 21.2 Å². The van der Waals surface area contributed by atoms with Crippen molar-refractivity contribution in [2.24, 2.45) is 0 Å². The quantitative estimate of drug-likeness (QED) is 0.830. The normalized spacial score (nSPS) is 10.3. The van der Waals surface area contributed by atoms with Crippen LogP contribution in [-0.2, 0) is 0 Å². The molecule has 1 N–H and O–H groups in total. The van der Waals surface area contributed by atoms with Gasteiger partial charge in [0, 0.05) is 12.6 Å². The summed E-state index contributed by atoms with van der Waals surface area (Å²) in [5, 5.41) is 2.91. The largest absolute Gasteiger partial charge is 0.490 e. The number of hydrogen-bond donors (Lipinski definition) is 1. The van der Waals surface area contributed by atoms with Gasteiger partial charge in [-0.3, -0.25) is 0 Å². The Bertz CT molecular complexity index is 563. The topological polar surface area (TPSA) is 21.3 Å². The molecule has 0 saturated heterocycles. The van der Waals surface area contributed by atoms with Crippen molar-refractivity contribution < 1.29 is 13.5 Å². The van der Waals surface area contributed by atoms with E-state index in [-0.39, 0.29) is 11.6 Å². The third-order valence-electron chi connectivity index (χ3n) is 2.44. The zero-order chi connectivity index (χ0) is 13.7. The first kappa shape index (κ1) is 13.8. The van der Waals surface area contributed by atoms with E-state index >= 15 is 0 Å². The van der Waals surface area contributed by atoms with Gasteiger partial charge in [-0.25, -0.2) is 8.78 Å². The highest BCUT2D eigenvalue weighted by Crippen LogP contribution is 2.25. The molecule has 0 aliphatic heterocycles. The standard InChI is InChI=1S/C14H12BrF2NO/c15-11-6-5-10(16)9-14(11)19-8-7-18-13-4-2-1-3-12(13)17/h1-6,9,18H,7-8H2. The van der Waals surface area contributed by atoms with E-state index in [0.29, 0.717) is 29.1 Å². The lowest BCUT2D eigenvalue weighted by molar-refractivity contribution is 0.329. The van der Waals surface area contributed by atoms with Crippen LogP contribution in [0.25, 0.3) is 0 Å². The molecule has 0 radical (unpaired) electrons. The first-order valence-corrected chi connectivity index (χ1v) is 6.52. The minimum Gasteiger partial charge on any atom is -0.490 e. The van der Waals surface area contributed by atoms with Gasteiger partial charge < -0.3 is 10.1 Å². The lowest BCUT2D eigenvalue weighted by Crippen LogP contribution is -2.12. The highest BCUT2D eigenvalue weighted by molar-refractivity contribution is 9.10. The molecule has 0 atom stereocenters.